The number of rotatable bonds is 14. The molecule has 4 unspecified atom stereocenters. The van der Waals surface area contributed by atoms with E-state index in [1.54, 1.807) is 21.0 Å². The van der Waals surface area contributed by atoms with Gasteiger partial charge in [0.15, 0.2) is 0 Å². The molecule has 0 saturated carbocycles. The molecule has 264 valence electrons. The third-order valence-corrected chi connectivity index (χ3v) is 8.53. The van der Waals surface area contributed by atoms with Gasteiger partial charge >= 0.3 is 5.97 Å². The van der Waals surface area contributed by atoms with Crippen LogP contribution in [0.3, 0.4) is 0 Å². The van der Waals surface area contributed by atoms with E-state index in [0.717, 1.165) is 28.6 Å². The molecule has 3 N–H and O–H groups in total. The summed E-state index contributed by atoms with van der Waals surface area (Å²) in [6, 6.07) is 7.28. The lowest BCUT2D eigenvalue weighted by molar-refractivity contribution is -0.152. The number of aryl methyl sites for hydroxylation is 1. The van der Waals surface area contributed by atoms with Gasteiger partial charge < -0.3 is 20.1 Å². The molecule has 1 aliphatic rings. The van der Waals surface area contributed by atoms with Crippen molar-refractivity contribution in [3.8, 4) is 0 Å². The van der Waals surface area contributed by atoms with Crippen LogP contribution in [0.2, 0.25) is 0 Å². The molecule has 4 atom stereocenters. The maximum absolute atomic E-state index is 13.8. The zero-order chi connectivity index (χ0) is 35.6. The molecule has 0 bridgehead atoms. The summed E-state index contributed by atoms with van der Waals surface area (Å²) in [5.74, 6) is -2.28. The third-order valence-electron chi connectivity index (χ3n) is 8.20. The van der Waals surface area contributed by atoms with Gasteiger partial charge in [0.05, 0.1) is 10.9 Å². The average Bonchev–Trinajstić information content (AvgIpc) is 3.06. The number of carbonyl (C=O) groups excluding carboxylic acids is 4. The van der Waals surface area contributed by atoms with Gasteiger partial charge in [-0.15, -0.1) is 0 Å². The van der Waals surface area contributed by atoms with Crippen molar-refractivity contribution in [2.75, 3.05) is 26.9 Å². The van der Waals surface area contributed by atoms with E-state index in [4.69, 9.17) is 49.3 Å². The third kappa shape index (κ3) is 11.3. The van der Waals surface area contributed by atoms with Crippen LogP contribution in [0, 0.1) is 11.3 Å². The van der Waals surface area contributed by atoms with Crippen LogP contribution in [0.25, 0.3) is 17.0 Å². The topological polar surface area (TPSA) is 139 Å². The van der Waals surface area contributed by atoms with Crippen LogP contribution in [0.5, 0.6) is 0 Å². The molecule has 0 radical (unpaired) electrons. The van der Waals surface area contributed by atoms with E-state index in [9.17, 15) is 19.2 Å². The van der Waals surface area contributed by atoms with Gasteiger partial charge in [-0.25, -0.2) is 5.43 Å². The van der Waals surface area contributed by atoms with Gasteiger partial charge in [-0.3, -0.25) is 29.2 Å². The van der Waals surface area contributed by atoms with E-state index >= 15 is 0 Å². The van der Waals surface area contributed by atoms with Crippen LogP contribution in [0.15, 0.2) is 36.4 Å². The molecule has 0 spiro atoms. The summed E-state index contributed by atoms with van der Waals surface area (Å²) in [4.78, 5) is 57.7. The van der Waals surface area contributed by atoms with Crippen LogP contribution < -0.4 is 16.1 Å². The predicted molar refractivity (Wildman–Crippen MR) is 188 cm³/mol. The number of methoxy groups -OCH3 is 1. The van der Waals surface area contributed by atoms with E-state index < -0.39 is 51.7 Å². The zero-order valence-electron chi connectivity index (χ0n) is 28.3. The maximum atomic E-state index is 13.8. The predicted octanol–water partition coefficient (Wildman–Crippen LogP) is 4.91. The van der Waals surface area contributed by atoms with Crippen molar-refractivity contribution in [2.24, 2.45) is 11.3 Å². The van der Waals surface area contributed by atoms with Crippen molar-refractivity contribution >= 4 is 75.5 Å². The van der Waals surface area contributed by atoms with Crippen molar-refractivity contribution < 1.29 is 28.7 Å². The number of hydrogen-bond acceptors (Lipinski definition) is 8. The summed E-state index contributed by atoms with van der Waals surface area (Å²) in [6.07, 6.45) is 5.83. The Labute approximate surface area is 297 Å². The van der Waals surface area contributed by atoms with Gasteiger partial charge in [0.1, 0.15) is 24.7 Å². The Morgan fingerprint density at radius 1 is 1.12 bits per heavy atom. The normalized spacial score (nSPS) is 18.0. The molecule has 1 saturated heterocycles. The highest BCUT2D eigenvalue weighted by atomic mass is 35.6. The summed E-state index contributed by atoms with van der Waals surface area (Å²) in [6.45, 7) is 9.22. The molecule has 3 rings (SSSR count). The number of halogens is 3. The van der Waals surface area contributed by atoms with Crippen molar-refractivity contribution in [3.63, 3.8) is 0 Å². The first-order valence-electron chi connectivity index (χ1n) is 16.1. The van der Waals surface area contributed by atoms with Crippen molar-refractivity contribution in [1.29, 1.82) is 0 Å². The number of amides is 3. The highest BCUT2D eigenvalue weighted by molar-refractivity contribution is 6.67. The SMILES string of the molecule is CCc1ccc2ccc(/C=C/C(C)(CCOC)C(=O)NC(C(=O)NC(C)C(=O)N3CCCC(C(=O)OCC(Cl)(Cl)Cl)N3)C(C)C)cc2n1. The fourth-order valence-corrected chi connectivity index (χ4v) is 5.32. The molecule has 48 heavy (non-hydrogen) atoms. The number of hydrazine groups is 1. The van der Waals surface area contributed by atoms with Gasteiger partial charge in [-0.1, -0.05) is 85.9 Å². The molecule has 1 aromatic heterocycles. The van der Waals surface area contributed by atoms with Crippen LogP contribution in [0.1, 0.15) is 65.1 Å². The van der Waals surface area contributed by atoms with Crippen LogP contribution >= 0.6 is 34.8 Å². The molecule has 11 nitrogen and oxygen atoms in total. The van der Waals surface area contributed by atoms with Gasteiger partial charge in [-0.2, -0.15) is 0 Å². The summed E-state index contributed by atoms with van der Waals surface area (Å²) in [5, 5.41) is 7.94. The lowest BCUT2D eigenvalue weighted by Crippen LogP contribution is -2.61. The van der Waals surface area contributed by atoms with Gasteiger partial charge in [0.25, 0.3) is 5.91 Å². The van der Waals surface area contributed by atoms with Crippen molar-refractivity contribution in [3.05, 3.63) is 47.7 Å². The van der Waals surface area contributed by atoms with Gasteiger partial charge in [0.2, 0.25) is 15.6 Å². The number of nitrogens with one attached hydrogen (secondary N) is 3. The molecular weight excluding hydrogens is 681 g/mol. The Morgan fingerprint density at radius 2 is 1.83 bits per heavy atom. The lowest BCUT2D eigenvalue weighted by Gasteiger charge is -2.35. The Hall–Kier alpha value is -2.96. The van der Waals surface area contributed by atoms with E-state index in [1.165, 1.54) is 5.01 Å². The molecule has 14 heteroatoms. The number of benzene rings is 1. The number of esters is 1. The van der Waals surface area contributed by atoms with Crippen LogP contribution in [-0.4, -0.2) is 82.5 Å². The molecule has 3 amide bonds. The lowest BCUT2D eigenvalue weighted by atomic mass is 9.84. The number of nitrogens with zero attached hydrogens (tertiary/aromatic N) is 2. The first kappa shape index (κ1) is 39.5. The number of hydrogen-bond donors (Lipinski definition) is 3. The summed E-state index contributed by atoms with van der Waals surface area (Å²) < 4.78 is 8.61. The second-order valence-corrected chi connectivity index (χ2v) is 15.1. The molecule has 1 fully saturated rings. The number of fused-ring (bicyclic) bond motifs is 1. The van der Waals surface area contributed by atoms with E-state index in [0.29, 0.717) is 32.4 Å². The first-order valence-corrected chi connectivity index (χ1v) is 17.2. The minimum Gasteiger partial charge on any atom is -0.460 e. The summed E-state index contributed by atoms with van der Waals surface area (Å²) in [5.41, 5.74) is 4.58. The second kappa shape index (κ2) is 17.6. The van der Waals surface area contributed by atoms with Crippen molar-refractivity contribution in [1.82, 2.24) is 26.1 Å². The first-order chi connectivity index (χ1) is 22.6. The van der Waals surface area contributed by atoms with Crippen molar-refractivity contribution in [2.45, 2.75) is 82.2 Å². The highest BCUT2D eigenvalue weighted by Gasteiger charge is 2.37. The van der Waals surface area contributed by atoms with E-state index in [1.807, 2.05) is 56.3 Å². The molecule has 0 aliphatic carbocycles. The maximum Gasteiger partial charge on any atom is 0.325 e. The van der Waals surface area contributed by atoms with E-state index in [2.05, 4.69) is 23.0 Å². The fourth-order valence-electron chi connectivity index (χ4n) is 5.15. The second-order valence-electron chi connectivity index (χ2n) is 12.6. The summed E-state index contributed by atoms with van der Waals surface area (Å²) in [7, 11) is 1.57. The Balaban J connectivity index is 1.69. The smallest absolute Gasteiger partial charge is 0.325 e. The zero-order valence-corrected chi connectivity index (χ0v) is 30.5. The Bertz CT molecular complexity index is 1480. The largest absolute Gasteiger partial charge is 0.460 e. The minimum atomic E-state index is -1.76. The van der Waals surface area contributed by atoms with Gasteiger partial charge in [0, 0.05) is 31.3 Å². The quantitative estimate of drug-likeness (QED) is 0.185. The van der Waals surface area contributed by atoms with Gasteiger partial charge in [-0.05, 0) is 63.1 Å². The van der Waals surface area contributed by atoms with E-state index in [-0.39, 0.29) is 11.8 Å². The number of carbonyl (C=O) groups is 4. The molecule has 2 heterocycles. The number of aromatic nitrogens is 1. The molecule has 1 aromatic carbocycles. The number of alkyl halides is 3. The number of pyridine rings is 1. The van der Waals surface area contributed by atoms with Crippen LogP contribution in [0.4, 0.5) is 0 Å². The standard InChI is InChI=1S/C34H46Cl3N5O6/c1-7-25-13-12-24-11-10-23(19-27(24)39-25)14-15-33(5,16-18-47-6)32(46)40-28(21(2)3)29(43)38-22(4)30(44)42-17-8-9-26(41-42)31(45)48-20-34(35,36)37/h10-15,19,21-22,26,28,41H,7-9,16-18,20H2,1-6H3,(H,38,43)(H,40,46)/b15-14+. The monoisotopic (exact) mass is 725 g/mol. The number of ether oxygens (including phenoxy) is 2. The Morgan fingerprint density at radius 3 is 2.48 bits per heavy atom. The molecule has 1 aliphatic heterocycles. The fraction of sp³-hybridized carbons (Fsp3) is 0.559. The average molecular weight is 727 g/mol. The van der Waals surface area contributed by atoms with Crippen LogP contribution in [-0.2, 0) is 35.1 Å². The minimum absolute atomic E-state index is 0.295. The highest BCUT2D eigenvalue weighted by Crippen LogP contribution is 2.28. The molecular formula is C34H46Cl3N5O6. The summed E-state index contributed by atoms with van der Waals surface area (Å²) >= 11 is 17.0. The Kier molecular flexibility index (Phi) is 14.5. The molecule has 2 aromatic rings.